The maximum Gasteiger partial charge on any atom is 0.240 e. The van der Waals surface area contributed by atoms with E-state index in [0.29, 0.717) is 17.4 Å². The number of allylic oxidation sites excluding steroid dienone is 1. The summed E-state index contributed by atoms with van der Waals surface area (Å²) in [5.74, 6) is 0.554. The van der Waals surface area contributed by atoms with E-state index < -0.39 is 0 Å². The van der Waals surface area contributed by atoms with Crippen molar-refractivity contribution >= 4 is 39.5 Å². The van der Waals surface area contributed by atoms with Gasteiger partial charge in [-0.2, -0.15) is 5.26 Å². The van der Waals surface area contributed by atoms with E-state index >= 15 is 0 Å². The molecule has 6 nitrogen and oxygen atoms in total. The molecule has 0 radical (unpaired) electrons. The Morgan fingerprint density at radius 3 is 2.83 bits per heavy atom. The molecule has 1 aliphatic rings. The molecule has 1 saturated carbocycles. The molecule has 0 unspecified atom stereocenters. The maximum absolute atomic E-state index is 12.3. The van der Waals surface area contributed by atoms with E-state index in [0.717, 1.165) is 40.3 Å². The smallest absolute Gasteiger partial charge is 0.240 e. The van der Waals surface area contributed by atoms with Crippen LogP contribution < -0.4 is 5.32 Å². The molecule has 1 fully saturated rings. The van der Waals surface area contributed by atoms with E-state index in [1.807, 2.05) is 65.4 Å². The zero-order chi connectivity index (χ0) is 19.8. The highest BCUT2D eigenvalue weighted by Gasteiger charge is 2.23. The van der Waals surface area contributed by atoms with Gasteiger partial charge in [-0.1, -0.05) is 30.3 Å². The van der Waals surface area contributed by atoms with Gasteiger partial charge < -0.3 is 14.9 Å². The Balaban J connectivity index is 1.54. The molecule has 0 bridgehead atoms. The highest BCUT2D eigenvalue weighted by atomic mass is 16.2. The minimum absolute atomic E-state index is 0.0153. The number of hydrogen-bond acceptors (Lipinski definition) is 3. The van der Waals surface area contributed by atoms with E-state index in [4.69, 9.17) is 0 Å². The molecule has 1 aliphatic carbocycles. The Labute approximate surface area is 167 Å². The Bertz CT molecular complexity index is 1270. The second-order valence-electron chi connectivity index (χ2n) is 7.34. The molecular formula is C23H19N5O. The fourth-order valence-corrected chi connectivity index (χ4v) is 3.57. The Morgan fingerprint density at radius 2 is 2.03 bits per heavy atom. The monoisotopic (exact) mass is 381 g/mol. The van der Waals surface area contributed by atoms with Gasteiger partial charge in [0, 0.05) is 28.7 Å². The number of amides is 1. The zero-order valence-corrected chi connectivity index (χ0v) is 15.7. The number of rotatable bonds is 5. The predicted molar refractivity (Wildman–Crippen MR) is 113 cm³/mol. The van der Waals surface area contributed by atoms with E-state index in [9.17, 15) is 10.1 Å². The summed E-state index contributed by atoms with van der Waals surface area (Å²) in [6, 6.07) is 18.2. The highest BCUT2D eigenvalue weighted by molar-refractivity contribution is 5.98. The van der Waals surface area contributed by atoms with Gasteiger partial charge in [0.15, 0.2) is 0 Å². The highest BCUT2D eigenvalue weighted by Crippen LogP contribution is 2.26. The lowest BCUT2D eigenvalue weighted by molar-refractivity contribution is -0.121. The van der Waals surface area contributed by atoms with Gasteiger partial charge in [0.2, 0.25) is 5.91 Å². The average molecular weight is 381 g/mol. The van der Waals surface area contributed by atoms with Crippen molar-refractivity contribution in [2.45, 2.75) is 25.4 Å². The summed E-state index contributed by atoms with van der Waals surface area (Å²) in [4.78, 5) is 20.0. The SMILES string of the molecule is N#CC(=Cc1cn(CC(=O)NC2CC2)c2ccccc12)c1nc2ccccc2[nH]1. The van der Waals surface area contributed by atoms with Crippen LogP contribution in [0, 0.1) is 11.3 Å². The lowest BCUT2D eigenvalue weighted by Gasteiger charge is -2.05. The van der Waals surface area contributed by atoms with E-state index in [1.165, 1.54) is 0 Å². The number of nitrogens with zero attached hydrogens (tertiary/aromatic N) is 3. The van der Waals surface area contributed by atoms with Crippen molar-refractivity contribution in [2.24, 2.45) is 0 Å². The summed E-state index contributed by atoms with van der Waals surface area (Å²) in [7, 11) is 0. The third-order valence-corrected chi connectivity index (χ3v) is 5.14. The summed E-state index contributed by atoms with van der Waals surface area (Å²) in [6.07, 6.45) is 5.89. The molecule has 0 saturated heterocycles. The normalized spacial score (nSPS) is 14.2. The van der Waals surface area contributed by atoms with Crippen LogP contribution >= 0.6 is 0 Å². The molecule has 2 aromatic carbocycles. The Hall–Kier alpha value is -3.85. The molecular weight excluding hydrogens is 362 g/mol. The lowest BCUT2D eigenvalue weighted by Crippen LogP contribution is -2.29. The number of benzene rings is 2. The molecule has 1 amide bonds. The molecule has 0 aliphatic heterocycles. The van der Waals surface area contributed by atoms with Crippen LogP contribution in [0.4, 0.5) is 0 Å². The first-order valence-corrected chi connectivity index (χ1v) is 9.65. The fraction of sp³-hybridized carbons (Fsp3) is 0.174. The minimum atomic E-state index is 0.0153. The molecule has 0 atom stereocenters. The Morgan fingerprint density at radius 1 is 1.24 bits per heavy atom. The third-order valence-electron chi connectivity index (χ3n) is 5.14. The van der Waals surface area contributed by atoms with Crippen molar-refractivity contribution in [3.63, 3.8) is 0 Å². The predicted octanol–water partition coefficient (Wildman–Crippen LogP) is 3.86. The first kappa shape index (κ1) is 17.3. The van der Waals surface area contributed by atoms with Gasteiger partial charge in [0.05, 0.1) is 16.6 Å². The van der Waals surface area contributed by atoms with Gasteiger partial charge in [-0.05, 0) is 37.1 Å². The Kier molecular flexibility index (Phi) is 4.14. The molecule has 4 aromatic rings. The van der Waals surface area contributed by atoms with Gasteiger partial charge in [-0.15, -0.1) is 0 Å². The molecule has 2 heterocycles. The van der Waals surface area contributed by atoms with Gasteiger partial charge in [-0.25, -0.2) is 4.98 Å². The van der Waals surface area contributed by atoms with E-state index in [-0.39, 0.29) is 12.5 Å². The second-order valence-corrected chi connectivity index (χ2v) is 7.34. The minimum Gasteiger partial charge on any atom is -0.352 e. The molecule has 5 rings (SSSR count). The third kappa shape index (κ3) is 3.39. The van der Waals surface area contributed by atoms with Crippen molar-refractivity contribution in [3.05, 3.63) is 66.1 Å². The number of aromatic nitrogens is 3. The number of para-hydroxylation sites is 3. The number of carbonyl (C=O) groups excluding carboxylic acids is 1. The average Bonchev–Trinajstić information content (AvgIpc) is 3.33. The van der Waals surface area contributed by atoms with E-state index in [1.54, 1.807) is 0 Å². The number of nitrogens with one attached hydrogen (secondary N) is 2. The number of H-pyrrole nitrogens is 1. The molecule has 142 valence electrons. The number of carbonyl (C=O) groups is 1. The van der Waals surface area contributed by atoms with Crippen molar-refractivity contribution in [3.8, 4) is 6.07 Å². The second kappa shape index (κ2) is 6.95. The van der Waals surface area contributed by atoms with Crippen LogP contribution in [-0.4, -0.2) is 26.5 Å². The first-order chi connectivity index (χ1) is 14.2. The fourth-order valence-electron chi connectivity index (χ4n) is 3.57. The molecule has 2 aromatic heterocycles. The largest absolute Gasteiger partial charge is 0.352 e. The van der Waals surface area contributed by atoms with Gasteiger partial charge in [0.25, 0.3) is 0 Å². The van der Waals surface area contributed by atoms with Crippen molar-refractivity contribution in [1.82, 2.24) is 19.9 Å². The maximum atomic E-state index is 12.3. The van der Waals surface area contributed by atoms with Crippen LogP contribution in [0.5, 0.6) is 0 Å². The summed E-state index contributed by atoms with van der Waals surface area (Å²) in [5, 5.41) is 13.8. The number of imidazole rings is 1. The van der Waals surface area contributed by atoms with Crippen LogP contribution in [0.2, 0.25) is 0 Å². The molecule has 29 heavy (non-hydrogen) atoms. The summed E-state index contributed by atoms with van der Waals surface area (Å²) >= 11 is 0. The number of fused-ring (bicyclic) bond motifs is 2. The molecule has 0 spiro atoms. The van der Waals surface area contributed by atoms with Crippen LogP contribution in [0.1, 0.15) is 24.2 Å². The summed E-state index contributed by atoms with van der Waals surface area (Å²) in [5.41, 5.74) is 4.01. The number of nitriles is 1. The molecule has 6 heteroatoms. The molecule has 2 N–H and O–H groups in total. The number of aromatic amines is 1. The van der Waals surface area contributed by atoms with Gasteiger partial charge in [0.1, 0.15) is 18.4 Å². The van der Waals surface area contributed by atoms with Crippen LogP contribution in [0.25, 0.3) is 33.6 Å². The van der Waals surface area contributed by atoms with Crippen molar-refractivity contribution < 1.29 is 4.79 Å². The topological polar surface area (TPSA) is 86.5 Å². The van der Waals surface area contributed by atoms with Crippen molar-refractivity contribution in [1.29, 1.82) is 5.26 Å². The summed E-state index contributed by atoms with van der Waals surface area (Å²) in [6.45, 7) is 0.261. The van der Waals surface area contributed by atoms with Crippen LogP contribution in [-0.2, 0) is 11.3 Å². The van der Waals surface area contributed by atoms with Crippen LogP contribution in [0.3, 0.4) is 0 Å². The van der Waals surface area contributed by atoms with Crippen molar-refractivity contribution in [2.75, 3.05) is 0 Å². The lowest BCUT2D eigenvalue weighted by atomic mass is 10.1. The van der Waals surface area contributed by atoms with E-state index in [2.05, 4.69) is 21.4 Å². The summed E-state index contributed by atoms with van der Waals surface area (Å²) < 4.78 is 1.94. The quantitative estimate of drug-likeness (QED) is 0.515. The van der Waals surface area contributed by atoms with Gasteiger partial charge in [-0.3, -0.25) is 4.79 Å². The van der Waals surface area contributed by atoms with Gasteiger partial charge >= 0.3 is 0 Å². The zero-order valence-electron chi connectivity index (χ0n) is 15.7. The van der Waals surface area contributed by atoms with Crippen LogP contribution in [0.15, 0.2) is 54.7 Å². The standard InChI is InChI=1S/C23H19N5O/c24-12-15(23-26-19-6-2-3-7-20(19)27-23)11-16-13-28(14-22(29)25-17-9-10-17)21-8-4-1-5-18(16)21/h1-8,11,13,17H,9-10,14H2,(H,25,29)(H,26,27). The number of hydrogen-bond donors (Lipinski definition) is 2. The first-order valence-electron chi connectivity index (χ1n) is 9.65.